The van der Waals surface area contributed by atoms with Crippen LogP contribution < -0.4 is 5.32 Å². The van der Waals surface area contributed by atoms with E-state index in [1.165, 1.54) is 77.2 Å². The van der Waals surface area contributed by atoms with Crippen molar-refractivity contribution in [2.45, 2.75) is 83.8 Å². The summed E-state index contributed by atoms with van der Waals surface area (Å²) in [5.74, 6) is 0. The molecule has 1 aliphatic rings. The molecule has 1 aliphatic heterocycles. The maximum absolute atomic E-state index is 5.69. The molecule has 0 spiro atoms. The van der Waals surface area contributed by atoms with Gasteiger partial charge in [-0.05, 0) is 6.42 Å². The van der Waals surface area contributed by atoms with Crippen molar-refractivity contribution in [1.82, 2.24) is 0 Å². The van der Waals surface area contributed by atoms with Gasteiger partial charge >= 0.3 is 0 Å². The summed E-state index contributed by atoms with van der Waals surface area (Å²) in [6.07, 6.45) is 15.8. The Morgan fingerprint density at radius 2 is 1.41 bits per heavy atom. The quantitative estimate of drug-likeness (QED) is 0.522. The van der Waals surface area contributed by atoms with Crippen LogP contribution in [0.5, 0.6) is 0 Å². The van der Waals surface area contributed by atoms with Crippen LogP contribution in [0.25, 0.3) is 0 Å². The molecule has 102 valence electrons. The number of hydrogen-bond donors (Lipinski definition) is 1. The van der Waals surface area contributed by atoms with E-state index in [9.17, 15) is 0 Å². The fourth-order valence-corrected chi connectivity index (χ4v) is 2.28. The Labute approximate surface area is 108 Å². The molecule has 0 aromatic carbocycles. The van der Waals surface area contributed by atoms with Gasteiger partial charge in [-0.1, -0.05) is 64.7 Å². The SMILES string of the molecule is CCCCCCCCCCCCOC1CC[NH2+]1. The average molecular weight is 242 g/mol. The Kier molecular flexibility index (Phi) is 9.72. The van der Waals surface area contributed by atoms with E-state index in [2.05, 4.69) is 12.2 Å². The summed E-state index contributed by atoms with van der Waals surface area (Å²) in [4.78, 5) is 0. The van der Waals surface area contributed by atoms with Gasteiger partial charge in [-0.15, -0.1) is 0 Å². The highest BCUT2D eigenvalue weighted by Crippen LogP contribution is 2.10. The van der Waals surface area contributed by atoms with Gasteiger partial charge in [0.25, 0.3) is 0 Å². The molecule has 1 fully saturated rings. The molecule has 0 aliphatic carbocycles. The number of nitrogens with two attached hydrogens (primary N) is 1. The van der Waals surface area contributed by atoms with E-state index in [0.717, 1.165) is 6.61 Å². The monoisotopic (exact) mass is 242 g/mol. The highest BCUT2D eigenvalue weighted by molar-refractivity contribution is 4.50. The third-order valence-electron chi connectivity index (χ3n) is 3.71. The molecule has 2 N–H and O–H groups in total. The molecule has 17 heavy (non-hydrogen) atoms. The Hall–Kier alpha value is -0.0800. The van der Waals surface area contributed by atoms with Gasteiger partial charge in [0.1, 0.15) is 0 Å². The Bertz CT molecular complexity index is 157. The van der Waals surface area contributed by atoms with Crippen LogP contribution in [-0.2, 0) is 4.74 Å². The first-order valence-electron chi connectivity index (χ1n) is 7.88. The summed E-state index contributed by atoms with van der Waals surface area (Å²) in [6, 6.07) is 0. The topological polar surface area (TPSA) is 25.8 Å². The molecule has 1 heterocycles. The van der Waals surface area contributed by atoms with E-state index < -0.39 is 0 Å². The minimum Gasteiger partial charge on any atom is -0.329 e. The summed E-state index contributed by atoms with van der Waals surface area (Å²) < 4.78 is 5.69. The lowest BCUT2D eigenvalue weighted by Crippen LogP contribution is -2.99. The van der Waals surface area contributed by atoms with Gasteiger partial charge in [0.2, 0.25) is 0 Å². The maximum Gasteiger partial charge on any atom is 0.195 e. The molecule has 0 aromatic rings. The smallest absolute Gasteiger partial charge is 0.195 e. The fourth-order valence-electron chi connectivity index (χ4n) is 2.28. The van der Waals surface area contributed by atoms with Crippen LogP contribution in [0.1, 0.15) is 77.6 Å². The molecule has 1 saturated heterocycles. The molecule has 1 atom stereocenters. The number of hydrogen-bond acceptors (Lipinski definition) is 1. The summed E-state index contributed by atoms with van der Waals surface area (Å²) in [5.41, 5.74) is 0. The van der Waals surface area contributed by atoms with Crippen LogP contribution in [0.15, 0.2) is 0 Å². The third kappa shape index (κ3) is 8.62. The summed E-state index contributed by atoms with van der Waals surface area (Å²) in [6.45, 7) is 4.53. The largest absolute Gasteiger partial charge is 0.329 e. The van der Waals surface area contributed by atoms with Crippen LogP contribution in [0.4, 0.5) is 0 Å². The summed E-state index contributed by atoms with van der Waals surface area (Å²) in [7, 11) is 0. The molecule has 1 unspecified atom stereocenters. The van der Waals surface area contributed by atoms with E-state index in [1.54, 1.807) is 0 Å². The van der Waals surface area contributed by atoms with Gasteiger partial charge in [0.05, 0.1) is 19.6 Å². The van der Waals surface area contributed by atoms with Gasteiger partial charge in [0, 0.05) is 0 Å². The van der Waals surface area contributed by atoms with E-state index >= 15 is 0 Å². The number of ether oxygens (including phenoxy) is 1. The van der Waals surface area contributed by atoms with Crippen molar-refractivity contribution in [3.63, 3.8) is 0 Å². The molecule has 0 bridgehead atoms. The van der Waals surface area contributed by atoms with E-state index in [4.69, 9.17) is 4.74 Å². The molecule has 2 nitrogen and oxygen atoms in total. The van der Waals surface area contributed by atoms with Gasteiger partial charge in [-0.3, -0.25) is 0 Å². The molecular weight excluding hydrogens is 210 g/mol. The highest BCUT2D eigenvalue weighted by atomic mass is 16.5. The lowest BCUT2D eigenvalue weighted by Gasteiger charge is -2.22. The molecular formula is C15H32NO+. The molecule has 1 rings (SSSR count). The predicted molar refractivity (Wildman–Crippen MR) is 73.0 cm³/mol. The van der Waals surface area contributed by atoms with Crippen molar-refractivity contribution in [3.05, 3.63) is 0 Å². The van der Waals surface area contributed by atoms with Crippen LogP contribution in [0.2, 0.25) is 0 Å². The average Bonchev–Trinajstić information content (AvgIpc) is 2.28. The second-order valence-corrected chi connectivity index (χ2v) is 5.40. The third-order valence-corrected chi connectivity index (χ3v) is 3.71. The molecule has 2 heteroatoms. The van der Waals surface area contributed by atoms with Crippen molar-refractivity contribution in [2.75, 3.05) is 13.2 Å². The lowest BCUT2D eigenvalue weighted by atomic mass is 10.1. The van der Waals surface area contributed by atoms with E-state index in [1.807, 2.05) is 0 Å². The summed E-state index contributed by atoms with van der Waals surface area (Å²) >= 11 is 0. The van der Waals surface area contributed by atoms with Crippen molar-refractivity contribution in [3.8, 4) is 0 Å². The van der Waals surface area contributed by atoms with Gasteiger partial charge in [-0.2, -0.15) is 0 Å². The number of quaternary nitrogens is 1. The Morgan fingerprint density at radius 1 is 0.882 bits per heavy atom. The van der Waals surface area contributed by atoms with Crippen LogP contribution >= 0.6 is 0 Å². The molecule has 0 saturated carbocycles. The standard InChI is InChI=1S/C15H31NO/c1-2-3-4-5-6-7-8-9-10-11-14-17-15-12-13-16-15/h15-16H,2-14H2,1H3/p+1. The normalized spacial score (nSPS) is 19.2. The Balaban J connectivity index is 1.64. The predicted octanol–water partition coefficient (Wildman–Crippen LogP) is 3.22. The zero-order valence-corrected chi connectivity index (χ0v) is 11.8. The van der Waals surface area contributed by atoms with Crippen molar-refractivity contribution in [2.24, 2.45) is 0 Å². The maximum atomic E-state index is 5.69. The van der Waals surface area contributed by atoms with Crippen LogP contribution in [-0.4, -0.2) is 19.4 Å². The van der Waals surface area contributed by atoms with Crippen molar-refractivity contribution >= 4 is 0 Å². The fraction of sp³-hybridized carbons (Fsp3) is 1.00. The number of rotatable bonds is 12. The second kappa shape index (κ2) is 11.0. The van der Waals surface area contributed by atoms with Crippen LogP contribution in [0.3, 0.4) is 0 Å². The molecule has 0 aromatic heterocycles. The van der Waals surface area contributed by atoms with Crippen molar-refractivity contribution in [1.29, 1.82) is 0 Å². The van der Waals surface area contributed by atoms with E-state index in [-0.39, 0.29) is 0 Å². The first-order chi connectivity index (χ1) is 8.43. The van der Waals surface area contributed by atoms with Crippen LogP contribution in [0, 0.1) is 0 Å². The Morgan fingerprint density at radius 3 is 1.88 bits per heavy atom. The zero-order chi connectivity index (χ0) is 12.2. The molecule has 0 amide bonds. The molecule has 0 radical (unpaired) electrons. The minimum absolute atomic E-state index is 0.508. The highest BCUT2D eigenvalue weighted by Gasteiger charge is 2.20. The zero-order valence-electron chi connectivity index (χ0n) is 11.8. The first-order valence-corrected chi connectivity index (χ1v) is 7.88. The minimum atomic E-state index is 0.508. The van der Waals surface area contributed by atoms with Gasteiger partial charge < -0.3 is 10.1 Å². The second-order valence-electron chi connectivity index (χ2n) is 5.40. The van der Waals surface area contributed by atoms with Crippen molar-refractivity contribution < 1.29 is 10.1 Å². The number of unbranched alkanes of at least 4 members (excludes halogenated alkanes) is 9. The lowest BCUT2D eigenvalue weighted by molar-refractivity contribution is -0.781. The van der Waals surface area contributed by atoms with Gasteiger partial charge in [-0.25, -0.2) is 0 Å². The first kappa shape index (κ1) is 15.0. The summed E-state index contributed by atoms with van der Waals surface area (Å²) in [5, 5.41) is 2.29. The van der Waals surface area contributed by atoms with E-state index in [0.29, 0.717) is 6.23 Å². The van der Waals surface area contributed by atoms with Gasteiger partial charge in [0.15, 0.2) is 6.23 Å².